The Hall–Kier alpha value is -2.86. The zero-order valence-electron chi connectivity index (χ0n) is 14.6. The Morgan fingerprint density at radius 3 is 2.48 bits per heavy atom. The highest BCUT2D eigenvalue weighted by Gasteiger charge is 2.30. The number of benzene rings is 2. The van der Waals surface area contributed by atoms with Crippen LogP contribution in [0.25, 0.3) is 11.4 Å². The van der Waals surface area contributed by atoms with Gasteiger partial charge in [0, 0.05) is 28.7 Å². The van der Waals surface area contributed by atoms with E-state index in [1.54, 1.807) is 28.8 Å². The molecule has 3 aromatic rings. The molecule has 27 heavy (non-hydrogen) atoms. The summed E-state index contributed by atoms with van der Waals surface area (Å²) >= 11 is 5.84. The standard InChI is InChI=1S/C20H19ClN4O2/c21-16-8-6-15(7-9-16)19(26)22-12-13-24-20(27)25(17-10-11-17)18(23-24)14-4-2-1-3-5-14/h1-9,17H,10-13H2,(H,22,26). The van der Waals surface area contributed by atoms with E-state index in [-0.39, 0.29) is 17.6 Å². The fraction of sp³-hybridized carbons (Fsp3) is 0.250. The number of hydrogen-bond donors (Lipinski definition) is 1. The third-order valence-electron chi connectivity index (χ3n) is 4.53. The van der Waals surface area contributed by atoms with Crippen molar-refractivity contribution in [1.29, 1.82) is 0 Å². The first-order valence-electron chi connectivity index (χ1n) is 8.92. The largest absolute Gasteiger partial charge is 0.350 e. The van der Waals surface area contributed by atoms with E-state index in [0.29, 0.717) is 29.5 Å². The maximum atomic E-state index is 12.8. The summed E-state index contributed by atoms with van der Waals surface area (Å²) in [5.41, 5.74) is 1.32. The quantitative estimate of drug-likeness (QED) is 0.712. The summed E-state index contributed by atoms with van der Waals surface area (Å²) in [5.74, 6) is 0.483. The van der Waals surface area contributed by atoms with Gasteiger partial charge in [-0.25, -0.2) is 9.48 Å². The van der Waals surface area contributed by atoms with E-state index in [4.69, 9.17) is 11.6 Å². The molecule has 138 valence electrons. The molecule has 4 rings (SSSR count). The molecular formula is C20H19ClN4O2. The third kappa shape index (κ3) is 3.80. The molecule has 0 atom stereocenters. The number of aromatic nitrogens is 3. The van der Waals surface area contributed by atoms with E-state index in [2.05, 4.69) is 10.4 Å². The number of halogens is 1. The number of nitrogens with zero attached hydrogens (tertiary/aromatic N) is 3. The first kappa shape index (κ1) is 17.5. The molecule has 6 nitrogen and oxygen atoms in total. The molecule has 1 heterocycles. The first-order valence-corrected chi connectivity index (χ1v) is 9.30. The molecule has 0 spiro atoms. The van der Waals surface area contributed by atoms with Crippen LogP contribution >= 0.6 is 11.6 Å². The number of nitrogens with one attached hydrogen (secondary N) is 1. The summed E-state index contributed by atoms with van der Waals surface area (Å²) in [6.45, 7) is 0.634. The molecule has 1 N–H and O–H groups in total. The van der Waals surface area contributed by atoms with Crippen LogP contribution in [0, 0.1) is 0 Å². The van der Waals surface area contributed by atoms with Gasteiger partial charge in [-0.15, -0.1) is 5.10 Å². The van der Waals surface area contributed by atoms with Crippen molar-refractivity contribution in [2.24, 2.45) is 0 Å². The summed E-state index contributed by atoms with van der Waals surface area (Å²) in [5, 5.41) is 7.92. The third-order valence-corrected chi connectivity index (χ3v) is 4.78. The summed E-state index contributed by atoms with van der Waals surface area (Å²) in [6.07, 6.45) is 2.00. The van der Waals surface area contributed by atoms with Crippen molar-refractivity contribution >= 4 is 17.5 Å². The average Bonchev–Trinajstić information content (AvgIpc) is 3.47. The molecule has 0 radical (unpaired) electrons. The summed E-state index contributed by atoms with van der Waals surface area (Å²) in [7, 11) is 0. The van der Waals surface area contributed by atoms with E-state index in [1.165, 1.54) is 4.68 Å². The molecule has 7 heteroatoms. The first-order chi connectivity index (χ1) is 13.1. The lowest BCUT2D eigenvalue weighted by atomic mass is 10.2. The molecular weight excluding hydrogens is 364 g/mol. The van der Waals surface area contributed by atoms with Gasteiger partial charge in [-0.05, 0) is 37.1 Å². The van der Waals surface area contributed by atoms with Crippen LogP contribution in [0.4, 0.5) is 0 Å². The van der Waals surface area contributed by atoms with Crippen molar-refractivity contribution in [3.63, 3.8) is 0 Å². The highest BCUT2D eigenvalue weighted by Crippen LogP contribution is 2.36. The molecule has 0 unspecified atom stereocenters. The molecule has 1 aliphatic carbocycles. The molecule has 1 amide bonds. The summed E-state index contributed by atoms with van der Waals surface area (Å²) < 4.78 is 3.21. The fourth-order valence-electron chi connectivity index (χ4n) is 2.99. The van der Waals surface area contributed by atoms with Crippen molar-refractivity contribution in [3.05, 3.63) is 75.7 Å². The Kier molecular flexibility index (Phi) is 4.81. The van der Waals surface area contributed by atoms with Gasteiger partial charge in [0.15, 0.2) is 5.82 Å². The Labute approximate surface area is 161 Å². The number of hydrogen-bond acceptors (Lipinski definition) is 3. The monoisotopic (exact) mass is 382 g/mol. The minimum atomic E-state index is -0.204. The molecule has 1 saturated carbocycles. The van der Waals surface area contributed by atoms with Crippen LogP contribution in [0.3, 0.4) is 0 Å². The second-order valence-corrected chi connectivity index (χ2v) is 7.00. The average molecular weight is 383 g/mol. The fourth-order valence-corrected chi connectivity index (χ4v) is 3.12. The van der Waals surface area contributed by atoms with E-state index < -0.39 is 0 Å². The van der Waals surface area contributed by atoms with Crippen LogP contribution in [-0.2, 0) is 6.54 Å². The van der Waals surface area contributed by atoms with Crippen molar-refractivity contribution in [1.82, 2.24) is 19.7 Å². The van der Waals surface area contributed by atoms with Crippen LogP contribution in [0.15, 0.2) is 59.4 Å². The Morgan fingerprint density at radius 2 is 1.81 bits per heavy atom. The van der Waals surface area contributed by atoms with E-state index in [0.717, 1.165) is 18.4 Å². The number of amides is 1. The van der Waals surface area contributed by atoms with Crippen LogP contribution in [0.1, 0.15) is 29.2 Å². The van der Waals surface area contributed by atoms with Crippen molar-refractivity contribution in [2.75, 3.05) is 6.54 Å². The maximum absolute atomic E-state index is 12.8. The van der Waals surface area contributed by atoms with Crippen molar-refractivity contribution < 1.29 is 4.79 Å². The highest BCUT2D eigenvalue weighted by molar-refractivity contribution is 6.30. The van der Waals surface area contributed by atoms with Gasteiger partial charge < -0.3 is 5.32 Å². The van der Waals surface area contributed by atoms with Gasteiger partial charge >= 0.3 is 5.69 Å². The Balaban J connectivity index is 1.49. The molecule has 1 fully saturated rings. The smallest absolute Gasteiger partial charge is 0.346 e. The van der Waals surface area contributed by atoms with Gasteiger partial charge in [0.2, 0.25) is 0 Å². The second kappa shape index (κ2) is 7.40. The lowest BCUT2D eigenvalue weighted by Crippen LogP contribution is -2.32. The van der Waals surface area contributed by atoms with Gasteiger partial charge in [-0.3, -0.25) is 9.36 Å². The summed E-state index contributed by atoms with van der Waals surface area (Å²) in [6, 6.07) is 16.6. The normalized spacial score (nSPS) is 13.5. The molecule has 0 bridgehead atoms. The van der Waals surface area contributed by atoms with Gasteiger partial charge in [0.05, 0.1) is 6.54 Å². The number of carbonyl (C=O) groups excluding carboxylic acids is 1. The predicted molar refractivity (Wildman–Crippen MR) is 104 cm³/mol. The second-order valence-electron chi connectivity index (χ2n) is 6.56. The minimum absolute atomic E-state index is 0.128. The zero-order chi connectivity index (χ0) is 18.8. The van der Waals surface area contributed by atoms with Crippen LogP contribution < -0.4 is 11.0 Å². The maximum Gasteiger partial charge on any atom is 0.346 e. The van der Waals surface area contributed by atoms with Crippen LogP contribution in [-0.4, -0.2) is 26.8 Å². The predicted octanol–water partition coefficient (Wildman–Crippen LogP) is 3.13. The summed E-state index contributed by atoms with van der Waals surface area (Å²) in [4.78, 5) is 24.9. The van der Waals surface area contributed by atoms with Crippen molar-refractivity contribution in [3.8, 4) is 11.4 Å². The van der Waals surface area contributed by atoms with E-state index in [1.807, 2.05) is 30.3 Å². The van der Waals surface area contributed by atoms with E-state index in [9.17, 15) is 9.59 Å². The van der Waals surface area contributed by atoms with Gasteiger partial charge in [0.1, 0.15) is 0 Å². The van der Waals surface area contributed by atoms with Crippen LogP contribution in [0.2, 0.25) is 5.02 Å². The van der Waals surface area contributed by atoms with Crippen molar-refractivity contribution in [2.45, 2.75) is 25.4 Å². The minimum Gasteiger partial charge on any atom is -0.350 e. The van der Waals surface area contributed by atoms with E-state index >= 15 is 0 Å². The molecule has 0 saturated heterocycles. The topological polar surface area (TPSA) is 68.9 Å². The van der Waals surface area contributed by atoms with Gasteiger partial charge in [-0.1, -0.05) is 41.9 Å². The Bertz CT molecular complexity index is 1000. The lowest BCUT2D eigenvalue weighted by molar-refractivity contribution is 0.0952. The van der Waals surface area contributed by atoms with Gasteiger partial charge in [-0.2, -0.15) is 0 Å². The molecule has 0 aliphatic heterocycles. The number of carbonyl (C=O) groups is 1. The van der Waals surface area contributed by atoms with Crippen LogP contribution in [0.5, 0.6) is 0 Å². The van der Waals surface area contributed by atoms with Gasteiger partial charge in [0.25, 0.3) is 5.91 Å². The molecule has 1 aliphatic rings. The SMILES string of the molecule is O=C(NCCn1nc(-c2ccccc2)n(C2CC2)c1=O)c1ccc(Cl)cc1. The highest BCUT2D eigenvalue weighted by atomic mass is 35.5. The Morgan fingerprint density at radius 1 is 1.11 bits per heavy atom. The number of rotatable bonds is 6. The molecule has 1 aromatic heterocycles. The lowest BCUT2D eigenvalue weighted by Gasteiger charge is -2.05. The molecule has 2 aromatic carbocycles. The zero-order valence-corrected chi connectivity index (χ0v) is 15.4.